The smallest absolute Gasteiger partial charge is 0.407 e. The van der Waals surface area contributed by atoms with Crippen molar-refractivity contribution in [3.8, 4) is 0 Å². The molecular formula is C9H18ClNO2. The minimum atomic E-state index is -0.884. The van der Waals surface area contributed by atoms with Gasteiger partial charge in [-0.05, 0) is 34.1 Å². The third-order valence-electron chi connectivity index (χ3n) is 2.08. The molecule has 0 bridgehead atoms. The molecule has 0 atom stereocenters. The van der Waals surface area contributed by atoms with Crippen LogP contribution < -0.4 is 0 Å². The zero-order chi connectivity index (χ0) is 10.6. The van der Waals surface area contributed by atoms with Gasteiger partial charge in [0.15, 0.2) is 0 Å². The Labute approximate surface area is 84.7 Å². The number of hydrogen-bond acceptors (Lipinski definition) is 1. The molecule has 0 aliphatic carbocycles. The Morgan fingerprint density at radius 1 is 1.54 bits per heavy atom. The summed E-state index contributed by atoms with van der Waals surface area (Å²) in [5.74, 6) is 0.476. The second kappa shape index (κ2) is 4.70. The Kier molecular flexibility index (Phi) is 4.54. The van der Waals surface area contributed by atoms with Crippen molar-refractivity contribution in [2.45, 2.75) is 45.7 Å². The molecule has 0 saturated carbocycles. The van der Waals surface area contributed by atoms with Crippen LogP contribution in [0.5, 0.6) is 0 Å². The lowest BCUT2D eigenvalue weighted by Crippen LogP contribution is -2.51. The van der Waals surface area contributed by atoms with Crippen LogP contribution in [0.3, 0.4) is 0 Å². The highest BCUT2D eigenvalue weighted by molar-refractivity contribution is 6.17. The molecule has 3 nitrogen and oxygen atoms in total. The Morgan fingerprint density at radius 3 is 2.23 bits per heavy atom. The van der Waals surface area contributed by atoms with Gasteiger partial charge in [0.05, 0.1) is 0 Å². The van der Waals surface area contributed by atoms with Crippen molar-refractivity contribution >= 4 is 17.7 Å². The number of carbonyl (C=O) groups is 1. The molecule has 1 amide bonds. The van der Waals surface area contributed by atoms with E-state index in [0.717, 1.165) is 0 Å². The predicted molar refractivity (Wildman–Crippen MR) is 54.4 cm³/mol. The van der Waals surface area contributed by atoms with Gasteiger partial charge in [-0.2, -0.15) is 0 Å². The SMILES string of the molecule is CC(C)N(C(=O)O)C(C)(C)CCCl. The van der Waals surface area contributed by atoms with E-state index < -0.39 is 6.09 Å². The minimum Gasteiger partial charge on any atom is -0.465 e. The summed E-state index contributed by atoms with van der Waals surface area (Å²) in [6.45, 7) is 7.52. The molecule has 0 rings (SSSR count). The second-order valence-electron chi connectivity index (χ2n) is 4.00. The highest BCUT2D eigenvalue weighted by Gasteiger charge is 2.32. The fourth-order valence-corrected chi connectivity index (χ4v) is 1.99. The first kappa shape index (κ1) is 12.6. The van der Waals surface area contributed by atoms with Crippen molar-refractivity contribution in [3.05, 3.63) is 0 Å². The van der Waals surface area contributed by atoms with Gasteiger partial charge >= 0.3 is 6.09 Å². The average molecular weight is 208 g/mol. The van der Waals surface area contributed by atoms with Crippen LogP contribution in [0.2, 0.25) is 0 Å². The average Bonchev–Trinajstić information content (AvgIpc) is 1.82. The Morgan fingerprint density at radius 2 is 2.00 bits per heavy atom. The fourth-order valence-electron chi connectivity index (χ4n) is 1.53. The Hall–Kier alpha value is -0.440. The number of hydrogen-bond donors (Lipinski definition) is 1. The zero-order valence-corrected chi connectivity index (χ0v) is 9.43. The van der Waals surface area contributed by atoms with Gasteiger partial charge in [-0.1, -0.05) is 0 Å². The van der Waals surface area contributed by atoms with Crippen LogP contribution >= 0.6 is 11.6 Å². The zero-order valence-electron chi connectivity index (χ0n) is 8.67. The Balaban J connectivity index is 4.62. The number of alkyl halides is 1. The van der Waals surface area contributed by atoms with Crippen LogP contribution in [-0.2, 0) is 0 Å². The van der Waals surface area contributed by atoms with E-state index in [9.17, 15) is 4.79 Å². The summed E-state index contributed by atoms with van der Waals surface area (Å²) in [5, 5.41) is 8.99. The summed E-state index contributed by atoms with van der Waals surface area (Å²) >= 11 is 5.62. The summed E-state index contributed by atoms with van der Waals surface area (Å²) < 4.78 is 0. The molecule has 0 aromatic rings. The molecule has 1 N–H and O–H groups in total. The van der Waals surface area contributed by atoms with Crippen molar-refractivity contribution in [3.63, 3.8) is 0 Å². The summed E-state index contributed by atoms with van der Waals surface area (Å²) in [6.07, 6.45) is -0.218. The van der Waals surface area contributed by atoms with E-state index in [1.165, 1.54) is 4.90 Å². The molecule has 4 heteroatoms. The third kappa shape index (κ3) is 3.43. The molecule has 13 heavy (non-hydrogen) atoms. The highest BCUT2D eigenvalue weighted by atomic mass is 35.5. The number of nitrogens with zero attached hydrogens (tertiary/aromatic N) is 1. The van der Waals surface area contributed by atoms with E-state index in [-0.39, 0.29) is 11.6 Å². The van der Waals surface area contributed by atoms with Crippen molar-refractivity contribution in [1.82, 2.24) is 4.90 Å². The van der Waals surface area contributed by atoms with E-state index in [4.69, 9.17) is 16.7 Å². The van der Waals surface area contributed by atoms with Gasteiger partial charge in [0, 0.05) is 17.5 Å². The van der Waals surface area contributed by atoms with Crippen LogP contribution in [0, 0.1) is 0 Å². The molecule has 0 unspecified atom stereocenters. The topological polar surface area (TPSA) is 40.5 Å². The van der Waals surface area contributed by atoms with E-state index >= 15 is 0 Å². The Bertz CT molecular complexity index is 180. The maximum Gasteiger partial charge on any atom is 0.407 e. The van der Waals surface area contributed by atoms with Gasteiger partial charge in [-0.25, -0.2) is 4.79 Å². The number of halogens is 1. The van der Waals surface area contributed by atoms with Crippen molar-refractivity contribution in [2.24, 2.45) is 0 Å². The van der Waals surface area contributed by atoms with Crippen LogP contribution in [0.4, 0.5) is 4.79 Å². The van der Waals surface area contributed by atoms with Crippen LogP contribution in [0.1, 0.15) is 34.1 Å². The van der Waals surface area contributed by atoms with Crippen molar-refractivity contribution in [2.75, 3.05) is 5.88 Å². The van der Waals surface area contributed by atoms with E-state index in [0.29, 0.717) is 12.3 Å². The van der Waals surface area contributed by atoms with Gasteiger partial charge in [0.25, 0.3) is 0 Å². The lowest BCUT2D eigenvalue weighted by Gasteiger charge is -2.39. The van der Waals surface area contributed by atoms with Crippen LogP contribution in [0.25, 0.3) is 0 Å². The van der Waals surface area contributed by atoms with Gasteiger partial charge in [-0.3, -0.25) is 0 Å². The van der Waals surface area contributed by atoms with Crippen molar-refractivity contribution < 1.29 is 9.90 Å². The molecule has 0 aromatic heterocycles. The molecule has 0 spiro atoms. The van der Waals surface area contributed by atoms with Crippen molar-refractivity contribution in [1.29, 1.82) is 0 Å². The lowest BCUT2D eigenvalue weighted by atomic mass is 9.98. The number of rotatable bonds is 4. The normalized spacial score (nSPS) is 11.8. The first-order chi connectivity index (χ1) is 5.83. The first-order valence-corrected chi connectivity index (χ1v) is 4.94. The number of carboxylic acid groups (broad SMARTS) is 1. The molecular weight excluding hydrogens is 190 g/mol. The van der Waals surface area contributed by atoms with Gasteiger partial charge in [0.1, 0.15) is 0 Å². The maximum absolute atomic E-state index is 10.9. The summed E-state index contributed by atoms with van der Waals surface area (Å²) in [4.78, 5) is 12.4. The summed E-state index contributed by atoms with van der Waals surface area (Å²) in [6, 6.07) is -0.0179. The second-order valence-corrected chi connectivity index (χ2v) is 4.38. The molecule has 0 aliphatic heterocycles. The molecule has 0 heterocycles. The fraction of sp³-hybridized carbons (Fsp3) is 0.889. The molecule has 0 aromatic carbocycles. The lowest BCUT2D eigenvalue weighted by molar-refractivity contribution is 0.0704. The molecule has 0 saturated heterocycles. The predicted octanol–water partition coefficient (Wildman–Crippen LogP) is 2.78. The third-order valence-corrected chi connectivity index (χ3v) is 2.27. The van der Waals surface area contributed by atoms with Gasteiger partial charge < -0.3 is 10.0 Å². The molecule has 0 fully saturated rings. The summed E-state index contributed by atoms with van der Waals surface area (Å²) in [7, 11) is 0. The summed E-state index contributed by atoms with van der Waals surface area (Å²) in [5.41, 5.74) is -0.387. The van der Waals surface area contributed by atoms with Crippen LogP contribution in [-0.4, -0.2) is 33.6 Å². The maximum atomic E-state index is 10.9. The molecule has 0 radical (unpaired) electrons. The number of amides is 1. The molecule has 0 aliphatic rings. The standard InChI is InChI=1S/C9H18ClNO2/c1-7(2)11(8(12)13)9(3,4)5-6-10/h7H,5-6H2,1-4H3,(H,12,13). The van der Waals surface area contributed by atoms with Gasteiger partial charge in [-0.15, -0.1) is 11.6 Å². The van der Waals surface area contributed by atoms with Crippen LogP contribution in [0.15, 0.2) is 0 Å². The van der Waals surface area contributed by atoms with E-state index in [1.807, 2.05) is 27.7 Å². The quantitative estimate of drug-likeness (QED) is 0.721. The van der Waals surface area contributed by atoms with E-state index in [2.05, 4.69) is 0 Å². The van der Waals surface area contributed by atoms with E-state index in [1.54, 1.807) is 0 Å². The minimum absolute atomic E-state index is 0.0179. The highest BCUT2D eigenvalue weighted by Crippen LogP contribution is 2.22. The van der Waals surface area contributed by atoms with Gasteiger partial charge in [0.2, 0.25) is 0 Å². The first-order valence-electron chi connectivity index (χ1n) is 4.41. The largest absolute Gasteiger partial charge is 0.465 e. The molecule has 78 valence electrons. The monoisotopic (exact) mass is 207 g/mol.